The number of carbonyl (C=O) groups is 1. The van der Waals surface area contributed by atoms with E-state index < -0.39 is 24.0 Å². The normalized spacial score (nSPS) is 32.7. The quantitative estimate of drug-likeness (QED) is 0.840. The molecule has 6 heteroatoms. The summed E-state index contributed by atoms with van der Waals surface area (Å²) < 4.78 is 22.5. The van der Waals surface area contributed by atoms with Gasteiger partial charge in [0.2, 0.25) is 0 Å². The van der Waals surface area contributed by atoms with Crippen LogP contribution < -0.4 is 0 Å². The van der Waals surface area contributed by atoms with E-state index >= 15 is 0 Å². The Morgan fingerprint density at radius 3 is 2.45 bits per heavy atom. The Hall–Kier alpha value is -1.47. The number of hydrogen-bond donors (Lipinski definition) is 1. The summed E-state index contributed by atoms with van der Waals surface area (Å²) in [6.07, 6.45) is -1.61. The second kappa shape index (κ2) is 5.96. The van der Waals surface area contributed by atoms with Crippen LogP contribution in [0.4, 0.5) is 0 Å². The largest absolute Gasteiger partial charge is 0.459 e. The first-order valence-electron chi connectivity index (χ1n) is 7.34. The van der Waals surface area contributed by atoms with Gasteiger partial charge in [0, 0.05) is 0 Å². The van der Waals surface area contributed by atoms with Gasteiger partial charge in [-0.3, -0.25) is 0 Å². The van der Waals surface area contributed by atoms with Crippen molar-refractivity contribution in [2.45, 2.75) is 44.1 Å². The fourth-order valence-electron chi connectivity index (χ4n) is 2.87. The fraction of sp³-hybridized carbons (Fsp3) is 0.562. The Kier molecular flexibility index (Phi) is 4.18. The van der Waals surface area contributed by atoms with Gasteiger partial charge in [0.25, 0.3) is 0 Å². The van der Waals surface area contributed by atoms with Crippen molar-refractivity contribution in [1.29, 1.82) is 0 Å². The molecule has 0 unspecified atom stereocenters. The van der Waals surface area contributed by atoms with Crippen LogP contribution in [-0.2, 0) is 18.9 Å². The number of aliphatic hydroxyl groups excluding tert-OH is 1. The van der Waals surface area contributed by atoms with Crippen molar-refractivity contribution in [3.8, 4) is 0 Å². The number of hydrogen-bond acceptors (Lipinski definition) is 6. The summed E-state index contributed by atoms with van der Waals surface area (Å²) in [4.78, 5) is 12.0. The second-order valence-corrected chi connectivity index (χ2v) is 5.92. The van der Waals surface area contributed by atoms with Gasteiger partial charge < -0.3 is 24.1 Å². The van der Waals surface area contributed by atoms with Crippen LogP contribution in [0.1, 0.15) is 24.2 Å². The summed E-state index contributed by atoms with van der Waals surface area (Å²) >= 11 is 0. The van der Waals surface area contributed by atoms with E-state index in [4.69, 9.17) is 18.9 Å². The molecular formula is C16H20O6. The van der Waals surface area contributed by atoms with Crippen LogP contribution in [0.15, 0.2) is 30.3 Å². The standard InChI is InChI=1S/C16H20O6/c1-16(2)21-13-11(8-17)20-12(14(13)22-16)9-19-15(18)10-6-4-3-5-7-10/h3-7,11-14,17H,8-9H2,1-2H3/t11-,12+,13-,14+/m0/s1. The van der Waals surface area contributed by atoms with Gasteiger partial charge in [0.05, 0.1) is 12.2 Å². The third kappa shape index (κ3) is 3.01. The molecule has 1 aromatic carbocycles. The van der Waals surface area contributed by atoms with Crippen molar-refractivity contribution in [2.75, 3.05) is 13.2 Å². The second-order valence-electron chi connectivity index (χ2n) is 5.92. The van der Waals surface area contributed by atoms with Gasteiger partial charge in [0.15, 0.2) is 5.79 Å². The Labute approximate surface area is 128 Å². The van der Waals surface area contributed by atoms with Gasteiger partial charge in [-0.25, -0.2) is 4.79 Å². The highest BCUT2D eigenvalue weighted by molar-refractivity contribution is 5.89. The van der Waals surface area contributed by atoms with Crippen molar-refractivity contribution >= 4 is 5.97 Å². The number of ether oxygens (including phenoxy) is 4. The van der Waals surface area contributed by atoms with Crippen molar-refractivity contribution in [3.05, 3.63) is 35.9 Å². The van der Waals surface area contributed by atoms with Crippen LogP contribution in [0.3, 0.4) is 0 Å². The summed E-state index contributed by atoms with van der Waals surface area (Å²) in [5, 5.41) is 9.39. The molecule has 1 aromatic rings. The SMILES string of the molecule is CC1(C)O[C@@H]2[C@H](O1)[C@@H](COC(=O)c1ccccc1)O[C@H]2CO. The summed E-state index contributed by atoms with van der Waals surface area (Å²) in [7, 11) is 0. The van der Waals surface area contributed by atoms with E-state index in [0.29, 0.717) is 5.56 Å². The van der Waals surface area contributed by atoms with E-state index in [1.807, 2.05) is 19.9 Å². The van der Waals surface area contributed by atoms with Crippen molar-refractivity contribution in [3.63, 3.8) is 0 Å². The van der Waals surface area contributed by atoms with E-state index in [1.54, 1.807) is 24.3 Å². The summed E-state index contributed by atoms with van der Waals surface area (Å²) in [5.74, 6) is -1.14. The molecule has 0 aromatic heterocycles. The summed E-state index contributed by atoms with van der Waals surface area (Å²) in [6, 6.07) is 8.76. The van der Waals surface area contributed by atoms with E-state index in [9.17, 15) is 9.90 Å². The van der Waals surface area contributed by atoms with E-state index in [-0.39, 0.29) is 25.4 Å². The van der Waals surface area contributed by atoms with Gasteiger partial charge >= 0.3 is 5.97 Å². The zero-order valence-electron chi connectivity index (χ0n) is 12.6. The number of carbonyl (C=O) groups excluding carboxylic acids is 1. The molecule has 1 N–H and O–H groups in total. The first-order chi connectivity index (χ1) is 10.5. The average molecular weight is 308 g/mol. The number of esters is 1. The van der Waals surface area contributed by atoms with Gasteiger partial charge in [-0.15, -0.1) is 0 Å². The van der Waals surface area contributed by atoms with Gasteiger partial charge in [-0.1, -0.05) is 18.2 Å². The highest BCUT2D eigenvalue weighted by Crippen LogP contribution is 2.38. The third-order valence-electron chi connectivity index (χ3n) is 3.81. The molecular weight excluding hydrogens is 288 g/mol. The van der Waals surface area contributed by atoms with Crippen molar-refractivity contribution < 1.29 is 28.8 Å². The lowest BCUT2D eigenvalue weighted by Crippen LogP contribution is -2.33. The molecule has 0 saturated carbocycles. The predicted octanol–water partition coefficient (Wildman–Crippen LogP) is 1.12. The molecule has 0 amide bonds. The maximum Gasteiger partial charge on any atom is 0.338 e. The number of benzene rings is 1. The predicted molar refractivity (Wildman–Crippen MR) is 76.3 cm³/mol. The van der Waals surface area contributed by atoms with Crippen LogP contribution >= 0.6 is 0 Å². The highest BCUT2D eigenvalue weighted by atomic mass is 16.8. The topological polar surface area (TPSA) is 74.2 Å². The minimum atomic E-state index is -0.728. The lowest BCUT2D eigenvalue weighted by molar-refractivity contribution is -0.193. The Morgan fingerprint density at radius 2 is 1.82 bits per heavy atom. The first kappa shape index (κ1) is 15.4. The molecule has 2 saturated heterocycles. The highest BCUT2D eigenvalue weighted by Gasteiger charge is 2.55. The number of fused-ring (bicyclic) bond motifs is 1. The first-order valence-corrected chi connectivity index (χ1v) is 7.34. The number of rotatable bonds is 4. The Balaban J connectivity index is 1.62. The zero-order valence-corrected chi connectivity index (χ0v) is 12.6. The van der Waals surface area contributed by atoms with E-state index in [0.717, 1.165) is 0 Å². The third-order valence-corrected chi connectivity index (χ3v) is 3.81. The Morgan fingerprint density at radius 1 is 1.18 bits per heavy atom. The van der Waals surface area contributed by atoms with Gasteiger partial charge in [-0.05, 0) is 26.0 Å². The molecule has 6 nitrogen and oxygen atoms in total. The number of aliphatic hydroxyl groups is 1. The minimum absolute atomic E-state index is 0.0604. The van der Waals surface area contributed by atoms with Crippen LogP contribution in [-0.4, -0.2) is 54.5 Å². The smallest absolute Gasteiger partial charge is 0.338 e. The van der Waals surface area contributed by atoms with Crippen LogP contribution in [0, 0.1) is 0 Å². The lowest BCUT2D eigenvalue weighted by atomic mass is 10.1. The van der Waals surface area contributed by atoms with E-state index in [1.165, 1.54) is 0 Å². The van der Waals surface area contributed by atoms with E-state index in [2.05, 4.69) is 0 Å². The summed E-state index contributed by atoms with van der Waals surface area (Å²) in [5.41, 5.74) is 0.486. The van der Waals surface area contributed by atoms with Crippen molar-refractivity contribution in [1.82, 2.24) is 0 Å². The Bertz CT molecular complexity index is 529. The molecule has 22 heavy (non-hydrogen) atoms. The molecule has 120 valence electrons. The molecule has 2 fully saturated rings. The molecule has 2 aliphatic heterocycles. The van der Waals surface area contributed by atoms with Crippen LogP contribution in [0.2, 0.25) is 0 Å². The van der Waals surface area contributed by atoms with Crippen LogP contribution in [0.25, 0.3) is 0 Å². The van der Waals surface area contributed by atoms with Crippen LogP contribution in [0.5, 0.6) is 0 Å². The molecule has 2 aliphatic rings. The zero-order chi connectivity index (χ0) is 15.7. The molecule has 0 bridgehead atoms. The van der Waals surface area contributed by atoms with Gasteiger partial charge in [-0.2, -0.15) is 0 Å². The molecule has 0 spiro atoms. The molecule has 4 atom stereocenters. The molecule has 3 rings (SSSR count). The average Bonchev–Trinajstić information content (AvgIpc) is 2.99. The molecule has 2 heterocycles. The minimum Gasteiger partial charge on any atom is -0.459 e. The van der Waals surface area contributed by atoms with Crippen molar-refractivity contribution in [2.24, 2.45) is 0 Å². The molecule has 0 radical (unpaired) electrons. The fourth-order valence-corrected chi connectivity index (χ4v) is 2.87. The molecule has 0 aliphatic carbocycles. The van der Waals surface area contributed by atoms with Gasteiger partial charge in [0.1, 0.15) is 31.0 Å². The maximum absolute atomic E-state index is 12.0. The monoisotopic (exact) mass is 308 g/mol. The lowest BCUT2D eigenvalue weighted by Gasteiger charge is -2.23. The maximum atomic E-state index is 12.0. The summed E-state index contributed by atoms with van der Waals surface area (Å²) in [6.45, 7) is 3.52.